The number of nitrogens with one attached hydrogen (secondary N) is 1. The van der Waals surface area contributed by atoms with Crippen LogP contribution in [0, 0.1) is 6.92 Å². The molecule has 2 aliphatic rings. The summed E-state index contributed by atoms with van der Waals surface area (Å²) in [6, 6.07) is -0.670. The number of piperidine rings is 1. The van der Waals surface area contributed by atoms with Crippen LogP contribution in [0.1, 0.15) is 59.0 Å². The van der Waals surface area contributed by atoms with Crippen molar-refractivity contribution >= 4 is 29.8 Å². The van der Waals surface area contributed by atoms with Gasteiger partial charge in [-0.05, 0) is 60.6 Å². The maximum atomic E-state index is 13.4. The molecule has 0 spiro atoms. The summed E-state index contributed by atoms with van der Waals surface area (Å²) in [6.07, 6.45) is 4.49. The van der Waals surface area contributed by atoms with E-state index in [1.165, 1.54) is 11.8 Å². The molecule has 1 aromatic rings. The highest BCUT2D eigenvalue weighted by molar-refractivity contribution is 8.00. The summed E-state index contributed by atoms with van der Waals surface area (Å²) in [4.78, 5) is 46.6. The number of carbonyl (C=O) groups excluding carboxylic acids is 3. The Hall–Kier alpha value is -2.23. The van der Waals surface area contributed by atoms with Crippen molar-refractivity contribution in [1.29, 1.82) is 0 Å². The van der Waals surface area contributed by atoms with Gasteiger partial charge in [-0.1, -0.05) is 0 Å². The van der Waals surface area contributed by atoms with Crippen molar-refractivity contribution in [3.8, 4) is 0 Å². The molecule has 32 heavy (non-hydrogen) atoms. The van der Waals surface area contributed by atoms with E-state index in [-0.39, 0.29) is 18.0 Å². The van der Waals surface area contributed by atoms with Crippen molar-refractivity contribution in [1.82, 2.24) is 24.7 Å². The van der Waals surface area contributed by atoms with Gasteiger partial charge in [0.2, 0.25) is 5.91 Å². The van der Waals surface area contributed by atoms with Crippen molar-refractivity contribution in [3.05, 3.63) is 17.7 Å². The lowest BCUT2D eigenvalue weighted by Gasteiger charge is -2.40. The molecule has 178 valence electrons. The molecule has 3 heterocycles. The zero-order valence-corrected chi connectivity index (χ0v) is 20.9. The van der Waals surface area contributed by atoms with Crippen molar-refractivity contribution in [2.24, 2.45) is 0 Å². The van der Waals surface area contributed by atoms with Crippen LogP contribution in [-0.2, 0) is 16.1 Å². The number of amides is 3. The van der Waals surface area contributed by atoms with Gasteiger partial charge in [-0.3, -0.25) is 9.36 Å². The van der Waals surface area contributed by atoms with Gasteiger partial charge < -0.3 is 19.9 Å². The maximum Gasteiger partial charge on any atom is 0.408 e. The van der Waals surface area contributed by atoms with Crippen LogP contribution in [0.2, 0.25) is 0 Å². The average molecular weight is 466 g/mol. The van der Waals surface area contributed by atoms with E-state index in [2.05, 4.69) is 10.3 Å². The third kappa shape index (κ3) is 5.05. The molecule has 3 amide bonds. The minimum Gasteiger partial charge on any atom is -0.444 e. The van der Waals surface area contributed by atoms with Crippen LogP contribution in [0.3, 0.4) is 0 Å². The Labute approximate surface area is 194 Å². The number of alkyl carbamates (subject to hydrolysis) is 1. The third-order valence-electron chi connectivity index (χ3n) is 6.13. The largest absolute Gasteiger partial charge is 0.444 e. The molecule has 3 rings (SSSR count). The normalized spacial score (nSPS) is 18.5. The van der Waals surface area contributed by atoms with Crippen LogP contribution in [-0.4, -0.2) is 79.2 Å². The van der Waals surface area contributed by atoms with Crippen LogP contribution in [0.15, 0.2) is 6.20 Å². The molecule has 1 aromatic heterocycles. The summed E-state index contributed by atoms with van der Waals surface area (Å²) in [5, 5.41) is 2.80. The zero-order chi connectivity index (χ0) is 23.8. The summed E-state index contributed by atoms with van der Waals surface area (Å²) in [5.41, 5.74) is 0.267. The number of fused-ring (bicyclic) bond motifs is 1. The van der Waals surface area contributed by atoms with E-state index in [0.717, 1.165) is 5.69 Å². The average Bonchev–Trinajstić information content (AvgIpc) is 3.24. The van der Waals surface area contributed by atoms with E-state index in [4.69, 9.17) is 4.74 Å². The Kier molecular flexibility index (Phi) is 6.83. The molecule has 0 saturated carbocycles. The predicted molar refractivity (Wildman–Crippen MR) is 124 cm³/mol. The first kappa shape index (κ1) is 24.4. The second-order valence-electron chi connectivity index (χ2n) is 9.99. The van der Waals surface area contributed by atoms with Gasteiger partial charge in [-0.25, -0.2) is 14.6 Å². The Morgan fingerprint density at radius 1 is 1.22 bits per heavy atom. The van der Waals surface area contributed by atoms with E-state index in [1.54, 1.807) is 36.4 Å². The Morgan fingerprint density at radius 3 is 2.38 bits per heavy atom. The van der Waals surface area contributed by atoms with E-state index >= 15 is 0 Å². The molecule has 0 unspecified atom stereocenters. The Balaban J connectivity index is 1.64. The monoisotopic (exact) mass is 465 g/mol. The first-order chi connectivity index (χ1) is 14.8. The van der Waals surface area contributed by atoms with Crippen LogP contribution in [0.4, 0.5) is 9.59 Å². The number of rotatable bonds is 5. The van der Waals surface area contributed by atoms with Gasteiger partial charge in [0, 0.05) is 23.9 Å². The lowest BCUT2D eigenvalue weighted by atomic mass is 9.98. The number of aryl methyl sites for hydroxylation is 1. The SMILES string of the molecule is CSC(C)(C)[C@@H](NC(=O)OC(C)(C)C)C(=O)N1CCC(N2Cc3cnc(C)n3C2=O)CC1. The van der Waals surface area contributed by atoms with Crippen LogP contribution in [0.25, 0.3) is 0 Å². The number of carbonyl (C=O) groups is 3. The highest BCUT2D eigenvalue weighted by atomic mass is 32.2. The lowest BCUT2D eigenvalue weighted by molar-refractivity contribution is -0.135. The highest BCUT2D eigenvalue weighted by Gasteiger charge is 2.42. The molecule has 0 aliphatic carbocycles. The van der Waals surface area contributed by atoms with Crippen LogP contribution in [0.5, 0.6) is 0 Å². The number of imidazole rings is 1. The second-order valence-corrected chi connectivity index (χ2v) is 11.4. The number of hydrogen-bond acceptors (Lipinski definition) is 6. The summed E-state index contributed by atoms with van der Waals surface area (Å²) in [5.74, 6) is 0.586. The molecule has 2 aliphatic heterocycles. The summed E-state index contributed by atoms with van der Waals surface area (Å²) >= 11 is 1.52. The molecule has 0 bridgehead atoms. The smallest absolute Gasteiger partial charge is 0.408 e. The van der Waals surface area contributed by atoms with Gasteiger partial charge in [-0.2, -0.15) is 11.8 Å². The molecule has 10 heteroatoms. The van der Waals surface area contributed by atoms with E-state index in [1.807, 2.05) is 31.9 Å². The van der Waals surface area contributed by atoms with Crippen LogP contribution < -0.4 is 5.32 Å². The van der Waals surface area contributed by atoms with Gasteiger partial charge >= 0.3 is 12.1 Å². The maximum absolute atomic E-state index is 13.4. The highest BCUT2D eigenvalue weighted by Crippen LogP contribution is 2.30. The second kappa shape index (κ2) is 8.96. The Bertz CT molecular complexity index is 883. The third-order valence-corrected chi connectivity index (χ3v) is 7.41. The molecule has 0 radical (unpaired) electrons. The quantitative estimate of drug-likeness (QED) is 0.718. The van der Waals surface area contributed by atoms with Gasteiger partial charge in [0.1, 0.15) is 17.5 Å². The Morgan fingerprint density at radius 2 is 1.84 bits per heavy atom. The number of likely N-dealkylation sites (tertiary alicyclic amines) is 1. The zero-order valence-electron chi connectivity index (χ0n) is 20.1. The minimum atomic E-state index is -0.716. The number of hydrogen-bond donors (Lipinski definition) is 1. The number of aromatic nitrogens is 2. The van der Waals surface area contributed by atoms with Crippen molar-refractivity contribution < 1.29 is 19.1 Å². The van der Waals surface area contributed by atoms with Crippen molar-refractivity contribution in [3.63, 3.8) is 0 Å². The molecule has 0 aromatic carbocycles. The number of ether oxygens (including phenoxy) is 1. The first-order valence-electron chi connectivity index (χ1n) is 11.0. The minimum absolute atomic E-state index is 0.0345. The summed E-state index contributed by atoms with van der Waals surface area (Å²) < 4.78 is 6.55. The van der Waals surface area contributed by atoms with E-state index < -0.39 is 22.5 Å². The molecule has 1 saturated heterocycles. The van der Waals surface area contributed by atoms with Crippen molar-refractivity contribution in [2.45, 2.75) is 83.4 Å². The summed E-state index contributed by atoms with van der Waals surface area (Å²) in [7, 11) is 0. The molecular weight excluding hydrogens is 430 g/mol. The first-order valence-corrected chi connectivity index (χ1v) is 12.2. The standard InChI is InChI=1S/C22H35N5O4S/c1-14-23-12-16-13-26(20(30)27(14)16)15-8-10-25(11-9-15)18(28)17(22(5,6)32-7)24-19(29)31-21(2,3)4/h12,15,17H,8-11,13H2,1-7H3,(H,24,29)/t17-/m0/s1. The van der Waals surface area contributed by atoms with Crippen molar-refractivity contribution in [2.75, 3.05) is 19.3 Å². The van der Waals surface area contributed by atoms with Gasteiger partial charge in [0.25, 0.3) is 0 Å². The fraction of sp³-hybridized carbons (Fsp3) is 0.727. The molecule has 1 atom stereocenters. The van der Waals surface area contributed by atoms with E-state index in [0.29, 0.717) is 38.3 Å². The topological polar surface area (TPSA) is 96.8 Å². The van der Waals surface area contributed by atoms with Gasteiger partial charge in [-0.15, -0.1) is 0 Å². The number of nitrogens with zero attached hydrogens (tertiary/aromatic N) is 4. The fourth-order valence-electron chi connectivity index (χ4n) is 4.18. The van der Waals surface area contributed by atoms with E-state index in [9.17, 15) is 14.4 Å². The fourth-order valence-corrected chi connectivity index (χ4v) is 4.57. The molecule has 9 nitrogen and oxygen atoms in total. The summed E-state index contributed by atoms with van der Waals surface area (Å²) in [6.45, 7) is 12.7. The predicted octanol–water partition coefficient (Wildman–Crippen LogP) is 3.00. The lowest BCUT2D eigenvalue weighted by Crippen LogP contribution is -2.59. The molecule has 1 fully saturated rings. The number of thioether (sulfide) groups is 1. The molecule has 1 N–H and O–H groups in total. The van der Waals surface area contributed by atoms with Gasteiger partial charge in [0.15, 0.2) is 0 Å². The molecular formula is C22H35N5O4S. The van der Waals surface area contributed by atoms with Crippen LogP contribution >= 0.6 is 11.8 Å². The van der Waals surface area contributed by atoms with Gasteiger partial charge in [0.05, 0.1) is 18.4 Å².